The van der Waals surface area contributed by atoms with Gasteiger partial charge in [-0.15, -0.1) is 0 Å². The molecule has 0 atom stereocenters. The number of carboxylic acids is 1. The maximum Gasteiger partial charge on any atom is 0.352 e. The van der Waals surface area contributed by atoms with E-state index in [2.05, 4.69) is 9.97 Å². The summed E-state index contributed by atoms with van der Waals surface area (Å²) >= 11 is 0. The zero-order valence-electron chi connectivity index (χ0n) is 8.90. The van der Waals surface area contributed by atoms with E-state index in [0.29, 0.717) is 0 Å². The number of benzene rings is 1. The van der Waals surface area contributed by atoms with Crippen LogP contribution in [0.15, 0.2) is 42.6 Å². The fraction of sp³-hybridized carbons (Fsp3) is 0. The normalized spacial score (nSPS) is 10.8. The van der Waals surface area contributed by atoms with Crippen molar-refractivity contribution in [3.8, 4) is 11.3 Å². The Morgan fingerprint density at radius 3 is 2.76 bits per heavy atom. The van der Waals surface area contributed by atoms with Gasteiger partial charge in [0.2, 0.25) is 0 Å². The zero-order valence-corrected chi connectivity index (χ0v) is 8.90. The molecular weight excluding hydrogens is 216 g/mol. The third-order valence-corrected chi connectivity index (χ3v) is 2.80. The van der Waals surface area contributed by atoms with Crippen molar-refractivity contribution in [2.45, 2.75) is 0 Å². The highest BCUT2D eigenvalue weighted by molar-refractivity contribution is 5.95. The summed E-state index contributed by atoms with van der Waals surface area (Å²) in [5.41, 5.74) is 3.05. The monoisotopic (exact) mass is 226 g/mol. The largest absolute Gasteiger partial charge is 0.477 e. The van der Waals surface area contributed by atoms with E-state index < -0.39 is 5.97 Å². The lowest BCUT2D eigenvalue weighted by Crippen LogP contribution is -1.95. The van der Waals surface area contributed by atoms with Gasteiger partial charge in [-0.25, -0.2) is 4.79 Å². The van der Waals surface area contributed by atoms with Crippen LogP contribution >= 0.6 is 0 Å². The molecular formula is C13H10N2O2. The Balaban J connectivity index is 2.19. The second-order valence-corrected chi connectivity index (χ2v) is 3.84. The zero-order chi connectivity index (χ0) is 11.8. The van der Waals surface area contributed by atoms with E-state index in [1.54, 1.807) is 12.1 Å². The Bertz CT molecular complexity index is 694. The van der Waals surface area contributed by atoms with Gasteiger partial charge in [-0.1, -0.05) is 12.1 Å². The van der Waals surface area contributed by atoms with Gasteiger partial charge in [-0.3, -0.25) is 0 Å². The summed E-state index contributed by atoms with van der Waals surface area (Å²) in [5, 5.41) is 9.96. The van der Waals surface area contributed by atoms with Crippen molar-refractivity contribution >= 4 is 16.9 Å². The molecule has 0 radical (unpaired) electrons. The van der Waals surface area contributed by atoms with Crippen molar-refractivity contribution in [3.05, 3.63) is 48.3 Å². The van der Waals surface area contributed by atoms with E-state index in [-0.39, 0.29) is 5.69 Å². The first-order chi connectivity index (χ1) is 8.25. The molecule has 0 saturated carbocycles. The standard InChI is InChI=1S/C13H10N2O2/c16-13(17)12-5-4-11(15-12)8-2-1-3-10-9(8)6-7-14-10/h1-7,14-15H,(H,16,17). The van der Waals surface area contributed by atoms with Crippen LogP contribution in [0.25, 0.3) is 22.2 Å². The van der Waals surface area contributed by atoms with Crippen LogP contribution in [0.2, 0.25) is 0 Å². The second-order valence-electron chi connectivity index (χ2n) is 3.84. The van der Waals surface area contributed by atoms with Crippen molar-refractivity contribution < 1.29 is 9.90 Å². The molecule has 0 fully saturated rings. The molecule has 2 aromatic heterocycles. The van der Waals surface area contributed by atoms with Crippen LogP contribution in [0.3, 0.4) is 0 Å². The number of fused-ring (bicyclic) bond motifs is 1. The maximum absolute atomic E-state index is 10.8. The van der Waals surface area contributed by atoms with Gasteiger partial charge in [0.05, 0.1) is 0 Å². The Morgan fingerprint density at radius 2 is 2.00 bits per heavy atom. The number of aromatic amines is 2. The molecule has 17 heavy (non-hydrogen) atoms. The van der Waals surface area contributed by atoms with Gasteiger partial charge in [-0.2, -0.15) is 0 Å². The molecule has 4 heteroatoms. The van der Waals surface area contributed by atoms with E-state index in [1.807, 2.05) is 30.5 Å². The minimum atomic E-state index is -0.947. The molecule has 3 N–H and O–H groups in total. The van der Waals surface area contributed by atoms with Crippen molar-refractivity contribution in [1.82, 2.24) is 9.97 Å². The van der Waals surface area contributed by atoms with Crippen LogP contribution in [0.1, 0.15) is 10.5 Å². The molecule has 1 aromatic carbocycles. The van der Waals surface area contributed by atoms with E-state index in [1.165, 1.54) is 0 Å². The smallest absolute Gasteiger partial charge is 0.352 e. The van der Waals surface area contributed by atoms with Gasteiger partial charge < -0.3 is 15.1 Å². The van der Waals surface area contributed by atoms with Crippen LogP contribution in [0.4, 0.5) is 0 Å². The highest BCUT2D eigenvalue weighted by Crippen LogP contribution is 2.27. The molecule has 0 saturated heterocycles. The molecule has 0 aliphatic rings. The number of aromatic nitrogens is 2. The van der Waals surface area contributed by atoms with Crippen LogP contribution in [-0.4, -0.2) is 21.0 Å². The fourth-order valence-corrected chi connectivity index (χ4v) is 2.00. The molecule has 0 aliphatic carbocycles. The van der Waals surface area contributed by atoms with Gasteiger partial charge >= 0.3 is 5.97 Å². The molecule has 0 bridgehead atoms. The molecule has 0 amide bonds. The van der Waals surface area contributed by atoms with Crippen molar-refractivity contribution in [2.75, 3.05) is 0 Å². The molecule has 84 valence electrons. The van der Waals surface area contributed by atoms with Crippen molar-refractivity contribution in [3.63, 3.8) is 0 Å². The first kappa shape index (κ1) is 9.72. The summed E-state index contributed by atoms with van der Waals surface area (Å²) in [4.78, 5) is 16.8. The lowest BCUT2D eigenvalue weighted by Gasteiger charge is -2.00. The Labute approximate surface area is 96.9 Å². The Kier molecular flexibility index (Phi) is 2.01. The number of hydrogen-bond acceptors (Lipinski definition) is 1. The summed E-state index contributed by atoms with van der Waals surface area (Å²) < 4.78 is 0. The molecule has 4 nitrogen and oxygen atoms in total. The van der Waals surface area contributed by atoms with Crippen LogP contribution in [0.5, 0.6) is 0 Å². The summed E-state index contributed by atoms with van der Waals surface area (Å²) in [6, 6.07) is 11.2. The Morgan fingerprint density at radius 1 is 1.12 bits per heavy atom. The number of aromatic carboxylic acids is 1. The number of hydrogen-bond donors (Lipinski definition) is 3. The number of rotatable bonds is 2. The van der Waals surface area contributed by atoms with Crippen LogP contribution < -0.4 is 0 Å². The fourth-order valence-electron chi connectivity index (χ4n) is 2.00. The topological polar surface area (TPSA) is 68.9 Å². The number of H-pyrrole nitrogens is 2. The highest BCUT2D eigenvalue weighted by atomic mass is 16.4. The predicted molar refractivity (Wildman–Crippen MR) is 65.0 cm³/mol. The predicted octanol–water partition coefficient (Wildman–Crippen LogP) is 2.86. The number of nitrogens with one attached hydrogen (secondary N) is 2. The van der Waals surface area contributed by atoms with Gasteiger partial charge in [0.25, 0.3) is 0 Å². The minimum absolute atomic E-state index is 0.201. The molecule has 0 unspecified atom stereocenters. The average molecular weight is 226 g/mol. The quantitative estimate of drug-likeness (QED) is 0.628. The lowest BCUT2D eigenvalue weighted by atomic mass is 10.1. The van der Waals surface area contributed by atoms with Gasteiger partial charge in [0.1, 0.15) is 5.69 Å². The maximum atomic E-state index is 10.8. The first-order valence-electron chi connectivity index (χ1n) is 5.24. The second kappa shape index (κ2) is 3.52. The summed E-state index contributed by atoms with van der Waals surface area (Å²) in [6.45, 7) is 0. The van der Waals surface area contributed by atoms with Crippen molar-refractivity contribution in [2.24, 2.45) is 0 Å². The summed E-state index contributed by atoms with van der Waals surface area (Å²) in [7, 11) is 0. The van der Waals surface area contributed by atoms with E-state index >= 15 is 0 Å². The SMILES string of the molecule is O=C(O)c1ccc(-c2cccc3[nH]ccc23)[nH]1. The number of carboxylic acid groups (broad SMARTS) is 1. The van der Waals surface area contributed by atoms with Crippen LogP contribution in [-0.2, 0) is 0 Å². The van der Waals surface area contributed by atoms with Gasteiger partial charge in [0, 0.05) is 28.4 Å². The average Bonchev–Trinajstić information content (AvgIpc) is 2.97. The van der Waals surface area contributed by atoms with E-state index in [0.717, 1.165) is 22.2 Å². The molecule has 0 spiro atoms. The Hall–Kier alpha value is -2.49. The molecule has 2 heterocycles. The molecule has 3 rings (SSSR count). The molecule has 3 aromatic rings. The number of carbonyl (C=O) groups is 1. The molecule has 0 aliphatic heterocycles. The summed E-state index contributed by atoms with van der Waals surface area (Å²) in [6.07, 6.45) is 1.87. The van der Waals surface area contributed by atoms with Gasteiger partial charge in [0.15, 0.2) is 0 Å². The lowest BCUT2D eigenvalue weighted by molar-refractivity contribution is 0.0691. The third kappa shape index (κ3) is 1.50. The van der Waals surface area contributed by atoms with Gasteiger partial charge in [-0.05, 0) is 24.3 Å². The highest BCUT2D eigenvalue weighted by Gasteiger charge is 2.09. The van der Waals surface area contributed by atoms with E-state index in [9.17, 15) is 4.79 Å². The van der Waals surface area contributed by atoms with E-state index in [4.69, 9.17) is 5.11 Å². The summed E-state index contributed by atoms with van der Waals surface area (Å²) in [5.74, 6) is -0.947. The first-order valence-corrected chi connectivity index (χ1v) is 5.24. The van der Waals surface area contributed by atoms with Crippen molar-refractivity contribution in [1.29, 1.82) is 0 Å². The third-order valence-electron chi connectivity index (χ3n) is 2.80. The minimum Gasteiger partial charge on any atom is -0.477 e. The van der Waals surface area contributed by atoms with Crippen LogP contribution in [0, 0.1) is 0 Å².